The standard InChI is InChI=1S/C64H42N2/c1-4-20-44(21-5-1)62-56-31-13-12-29-52(56)53-39-38-47(42-58(53)63(62)45-22-6-2-7-23-45)46-24-16-27-49(41-46)65(59-35-17-32-51-50-28-11-10-19-43(50)37-40-55(51)59)61-36-18-33-57-54-30-14-15-34-60(54)66(64(57)61)48-25-8-3-9-26-48/h1-42H. The first kappa shape index (κ1) is 37.8. The van der Waals surface area contributed by atoms with Crippen molar-refractivity contribution in [1.82, 2.24) is 4.57 Å². The average molecular weight is 839 g/mol. The Morgan fingerprint density at radius 2 is 0.788 bits per heavy atom. The zero-order chi connectivity index (χ0) is 43.6. The van der Waals surface area contributed by atoms with Crippen LogP contribution in [0.15, 0.2) is 255 Å². The lowest BCUT2D eigenvalue weighted by Gasteiger charge is -2.29. The van der Waals surface area contributed by atoms with Gasteiger partial charge in [0.25, 0.3) is 0 Å². The minimum absolute atomic E-state index is 1.08. The largest absolute Gasteiger partial charge is 0.308 e. The molecule has 0 saturated heterocycles. The summed E-state index contributed by atoms with van der Waals surface area (Å²) in [5.74, 6) is 0. The molecule has 1 aromatic heterocycles. The van der Waals surface area contributed by atoms with Gasteiger partial charge in [-0.1, -0.05) is 206 Å². The second kappa shape index (κ2) is 15.5. The molecule has 0 fully saturated rings. The maximum absolute atomic E-state index is 2.50. The van der Waals surface area contributed by atoms with Crippen LogP contribution in [-0.2, 0) is 0 Å². The van der Waals surface area contributed by atoms with Crippen molar-refractivity contribution in [3.8, 4) is 39.1 Å². The van der Waals surface area contributed by atoms with Gasteiger partial charge in [-0.25, -0.2) is 0 Å². The van der Waals surface area contributed by atoms with E-state index >= 15 is 0 Å². The number of benzene rings is 12. The molecule has 13 aromatic rings. The minimum atomic E-state index is 1.08. The van der Waals surface area contributed by atoms with E-state index in [0.717, 1.165) is 39.4 Å². The van der Waals surface area contributed by atoms with Crippen molar-refractivity contribution in [3.05, 3.63) is 255 Å². The molecule has 0 atom stereocenters. The van der Waals surface area contributed by atoms with Crippen LogP contribution in [0.25, 0.3) is 104 Å². The summed E-state index contributed by atoms with van der Waals surface area (Å²) >= 11 is 0. The van der Waals surface area contributed by atoms with Gasteiger partial charge >= 0.3 is 0 Å². The quantitative estimate of drug-likeness (QED) is 0.145. The maximum atomic E-state index is 2.50. The molecule has 0 aliphatic heterocycles. The Hall–Kier alpha value is -8.72. The highest BCUT2D eigenvalue weighted by atomic mass is 15.2. The molecule has 0 aliphatic carbocycles. The summed E-state index contributed by atoms with van der Waals surface area (Å²) < 4.78 is 2.44. The first-order valence-electron chi connectivity index (χ1n) is 22.8. The summed E-state index contributed by atoms with van der Waals surface area (Å²) in [6.07, 6.45) is 0. The topological polar surface area (TPSA) is 8.17 Å². The molecule has 12 aromatic carbocycles. The Labute approximate surface area is 383 Å². The predicted molar refractivity (Wildman–Crippen MR) is 282 cm³/mol. The molecule has 0 bridgehead atoms. The van der Waals surface area contributed by atoms with E-state index in [1.165, 1.54) is 81.6 Å². The highest BCUT2D eigenvalue weighted by Crippen LogP contribution is 2.48. The van der Waals surface area contributed by atoms with Gasteiger partial charge in [0.1, 0.15) is 0 Å². The molecule has 2 nitrogen and oxygen atoms in total. The number of rotatable bonds is 7. The first-order valence-corrected chi connectivity index (χ1v) is 22.8. The molecule has 0 N–H and O–H groups in total. The summed E-state index contributed by atoms with van der Waals surface area (Å²) in [6, 6.07) is 93.4. The van der Waals surface area contributed by atoms with Crippen LogP contribution in [-0.4, -0.2) is 4.57 Å². The monoisotopic (exact) mass is 838 g/mol. The molecule has 308 valence electrons. The second-order valence-corrected chi connectivity index (χ2v) is 17.2. The predicted octanol–water partition coefficient (Wildman–Crippen LogP) is 17.9. The summed E-state index contributed by atoms with van der Waals surface area (Å²) in [5.41, 5.74) is 14.0. The number of hydrogen-bond acceptors (Lipinski definition) is 1. The van der Waals surface area contributed by atoms with E-state index in [4.69, 9.17) is 0 Å². The van der Waals surface area contributed by atoms with Crippen molar-refractivity contribution in [2.24, 2.45) is 0 Å². The molecule has 66 heavy (non-hydrogen) atoms. The number of fused-ring (bicyclic) bond motifs is 9. The fraction of sp³-hybridized carbons (Fsp3) is 0. The van der Waals surface area contributed by atoms with Crippen molar-refractivity contribution in [2.75, 3.05) is 4.90 Å². The van der Waals surface area contributed by atoms with E-state index < -0.39 is 0 Å². The lowest BCUT2D eigenvalue weighted by atomic mass is 9.84. The van der Waals surface area contributed by atoms with Crippen molar-refractivity contribution in [2.45, 2.75) is 0 Å². The molecule has 1 heterocycles. The van der Waals surface area contributed by atoms with E-state index in [9.17, 15) is 0 Å². The van der Waals surface area contributed by atoms with Crippen LogP contribution in [0.2, 0.25) is 0 Å². The number of para-hydroxylation sites is 3. The Bertz CT molecular complexity index is 3980. The van der Waals surface area contributed by atoms with Crippen LogP contribution in [0.3, 0.4) is 0 Å². The van der Waals surface area contributed by atoms with E-state index in [2.05, 4.69) is 264 Å². The maximum Gasteiger partial charge on any atom is 0.0782 e. The SMILES string of the molecule is c1ccc(-c2c(-c3ccccc3)c3cc(-c4cccc(N(c5cccc6c5ccc5ccccc56)c5cccc6c7ccccc7n(-c7ccccc7)c56)c4)ccc3c3ccccc23)cc1. The lowest BCUT2D eigenvalue weighted by molar-refractivity contribution is 1.17. The van der Waals surface area contributed by atoms with Crippen molar-refractivity contribution >= 4 is 82.0 Å². The van der Waals surface area contributed by atoms with E-state index in [1.807, 2.05) is 0 Å². The van der Waals surface area contributed by atoms with Crippen LogP contribution < -0.4 is 4.90 Å². The first-order chi connectivity index (χ1) is 32.8. The van der Waals surface area contributed by atoms with Crippen LogP contribution >= 0.6 is 0 Å². The highest BCUT2D eigenvalue weighted by molar-refractivity contribution is 6.22. The lowest BCUT2D eigenvalue weighted by Crippen LogP contribution is -2.12. The number of anilines is 3. The molecule has 0 saturated carbocycles. The van der Waals surface area contributed by atoms with Gasteiger partial charge in [0.2, 0.25) is 0 Å². The Kier molecular flexibility index (Phi) is 8.89. The van der Waals surface area contributed by atoms with Gasteiger partial charge in [0.15, 0.2) is 0 Å². The van der Waals surface area contributed by atoms with Crippen molar-refractivity contribution in [1.29, 1.82) is 0 Å². The molecular formula is C64H42N2. The zero-order valence-corrected chi connectivity index (χ0v) is 36.1. The van der Waals surface area contributed by atoms with Crippen LogP contribution in [0.1, 0.15) is 0 Å². The number of aromatic nitrogens is 1. The molecular weight excluding hydrogens is 797 g/mol. The molecule has 0 spiro atoms. The van der Waals surface area contributed by atoms with Gasteiger partial charge in [-0.3, -0.25) is 0 Å². The van der Waals surface area contributed by atoms with Gasteiger partial charge in [-0.05, 0) is 120 Å². The van der Waals surface area contributed by atoms with Gasteiger partial charge in [-0.2, -0.15) is 0 Å². The van der Waals surface area contributed by atoms with Gasteiger partial charge < -0.3 is 9.47 Å². The Morgan fingerprint density at radius 3 is 1.56 bits per heavy atom. The highest BCUT2D eigenvalue weighted by Gasteiger charge is 2.24. The molecule has 0 amide bonds. The smallest absolute Gasteiger partial charge is 0.0782 e. The fourth-order valence-electron chi connectivity index (χ4n) is 10.7. The second-order valence-electron chi connectivity index (χ2n) is 17.2. The van der Waals surface area contributed by atoms with Crippen LogP contribution in [0, 0.1) is 0 Å². The Balaban J connectivity index is 1.09. The molecule has 13 rings (SSSR count). The van der Waals surface area contributed by atoms with Crippen molar-refractivity contribution < 1.29 is 0 Å². The third-order valence-corrected chi connectivity index (χ3v) is 13.5. The average Bonchev–Trinajstić information content (AvgIpc) is 3.74. The summed E-state index contributed by atoms with van der Waals surface area (Å²) in [6.45, 7) is 0. The third-order valence-electron chi connectivity index (χ3n) is 13.5. The van der Waals surface area contributed by atoms with E-state index in [0.29, 0.717) is 0 Å². The fourth-order valence-corrected chi connectivity index (χ4v) is 10.7. The molecule has 2 heteroatoms. The summed E-state index contributed by atoms with van der Waals surface area (Å²) in [5, 5.41) is 12.3. The van der Waals surface area contributed by atoms with Crippen LogP contribution in [0.4, 0.5) is 17.1 Å². The molecule has 0 aliphatic rings. The van der Waals surface area contributed by atoms with Gasteiger partial charge in [-0.15, -0.1) is 0 Å². The number of hydrogen-bond donors (Lipinski definition) is 0. The van der Waals surface area contributed by atoms with Crippen molar-refractivity contribution in [3.63, 3.8) is 0 Å². The van der Waals surface area contributed by atoms with Gasteiger partial charge in [0.05, 0.1) is 22.4 Å². The molecule has 0 unspecified atom stereocenters. The normalized spacial score (nSPS) is 11.6. The Morgan fingerprint density at radius 1 is 0.273 bits per heavy atom. The van der Waals surface area contributed by atoms with E-state index in [1.54, 1.807) is 0 Å². The molecule has 0 radical (unpaired) electrons. The minimum Gasteiger partial charge on any atom is -0.308 e. The zero-order valence-electron chi connectivity index (χ0n) is 36.1. The summed E-state index contributed by atoms with van der Waals surface area (Å²) in [4.78, 5) is 2.50. The van der Waals surface area contributed by atoms with Crippen LogP contribution in [0.5, 0.6) is 0 Å². The van der Waals surface area contributed by atoms with Gasteiger partial charge in [0, 0.05) is 27.5 Å². The van der Waals surface area contributed by atoms with E-state index in [-0.39, 0.29) is 0 Å². The summed E-state index contributed by atoms with van der Waals surface area (Å²) in [7, 11) is 0. The third kappa shape index (κ3) is 6.04. The number of nitrogens with zero attached hydrogens (tertiary/aromatic N) is 2.